The Hall–Kier alpha value is -1.62. The highest BCUT2D eigenvalue weighted by molar-refractivity contribution is 5.49. The first-order valence-corrected chi connectivity index (χ1v) is 5.06. The van der Waals surface area contributed by atoms with E-state index in [0.29, 0.717) is 0 Å². The van der Waals surface area contributed by atoms with Gasteiger partial charge in [-0.15, -0.1) is 0 Å². The highest BCUT2D eigenvalue weighted by atomic mass is 16.5. The molecule has 0 saturated carbocycles. The molecule has 0 bridgehead atoms. The highest BCUT2D eigenvalue weighted by Gasteiger charge is 2.14. The monoisotopic (exact) mass is 204 g/mol. The van der Waals surface area contributed by atoms with Gasteiger partial charge in [-0.2, -0.15) is 5.10 Å². The van der Waals surface area contributed by atoms with Gasteiger partial charge in [0.05, 0.1) is 19.4 Å². The lowest BCUT2D eigenvalue weighted by molar-refractivity contribution is 0.122. The Morgan fingerprint density at radius 2 is 2.13 bits per heavy atom. The number of aromatic nitrogens is 3. The maximum absolute atomic E-state index is 5.30. The minimum atomic E-state index is 0.779. The molecule has 2 aromatic rings. The van der Waals surface area contributed by atoms with Gasteiger partial charge in [0.1, 0.15) is 5.82 Å². The second-order valence-electron chi connectivity index (χ2n) is 3.52. The predicted molar refractivity (Wildman–Crippen MR) is 56.0 cm³/mol. The van der Waals surface area contributed by atoms with Gasteiger partial charge in [-0.05, 0) is 12.1 Å². The Kier molecular flexibility index (Phi) is 2.03. The lowest BCUT2D eigenvalue weighted by Gasteiger charge is -2.26. The quantitative estimate of drug-likeness (QED) is 0.681. The molecule has 0 atom stereocenters. The van der Waals surface area contributed by atoms with Crippen LogP contribution in [0.15, 0.2) is 24.5 Å². The second-order valence-corrected chi connectivity index (χ2v) is 3.52. The molecule has 1 aliphatic rings. The largest absolute Gasteiger partial charge is 0.378 e. The fourth-order valence-corrected chi connectivity index (χ4v) is 1.76. The number of hydrogen-bond donors (Lipinski definition) is 0. The summed E-state index contributed by atoms with van der Waals surface area (Å²) < 4.78 is 7.10. The molecule has 0 N–H and O–H groups in total. The summed E-state index contributed by atoms with van der Waals surface area (Å²) in [5, 5.41) is 4.19. The maximum Gasteiger partial charge on any atom is 0.155 e. The SMILES string of the molecule is c1cnn2cc(N3CCOCC3)nc2c1. The maximum atomic E-state index is 5.30. The number of imidazole rings is 1. The van der Waals surface area contributed by atoms with Gasteiger partial charge in [-0.25, -0.2) is 9.50 Å². The van der Waals surface area contributed by atoms with Crippen molar-refractivity contribution in [2.75, 3.05) is 31.2 Å². The van der Waals surface area contributed by atoms with E-state index >= 15 is 0 Å². The van der Waals surface area contributed by atoms with Crippen LogP contribution in [0.25, 0.3) is 5.65 Å². The van der Waals surface area contributed by atoms with Gasteiger partial charge >= 0.3 is 0 Å². The molecule has 2 aromatic heterocycles. The van der Waals surface area contributed by atoms with Crippen LogP contribution in [0.3, 0.4) is 0 Å². The molecule has 0 aliphatic carbocycles. The second kappa shape index (κ2) is 3.51. The molecular formula is C10H12N4O. The van der Waals surface area contributed by atoms with Crippen molar-refractivity contribution in [2.24, 2.45) is 0 Å². The number of nitrogens with zero attached hydrogens (tertiary/aromatic N) is 4. The molecule has 0 aromatic carbocycles. The molecule has 1 aliphatic heterocycles. The van der Waals surface area contributed by atoms with Crippen LogP contribution in [0.5, 0.6) is 0 Å². The third kappa shape index (κ3) is 1.55. The average molecular weight is 204 g/mol. The Morgan fingerprint density at radius 1 is 1.27 bits per heavy atom. The van der Waals surface area contributed by atoms with Gasteiger partial charge in [0.15, 0.2) is 5.65 Å². The van der Waals surface area contributed by atoms with Gasteiger partial charge in [-0.1, -0.05) is 0 Å². The lowest BCUT2D eigenvalue weighted by atomic mass is 10.4. The molecule has 1 fully saturated rings. The van der Waals surface area contributed by atoms with E-state index in [2.05, 4.69) is 15.0 Å². The van der Waals surface area contributed by atoms with Crippen LogP contribution in [-0.4, -0.2) is 40.9 Å². The Labute approximate surface area is 87.3 Å². The number of fused-ring (bicyclic) bond motifs is 1. The van der Waals surface area contributed by atoms with Crippen molar-refractivity contribution in [1.29, 1.82) is 0 Å². The van der Waals surface area contributed by atoms with Gasteiger partial charge in [-0.3, -0.25) is 0 Å². The van der Waals surface area contributed by atoms with E-state index in [0.717, 1.165) is 37.8 Å². The average Bonchev–Trinajstić information content (AvgIpc) is 2.74. The van der Waals surface area contributed by atoms with Crippen molar-refractivity contribution in [3.63, 3.8) is 0 Å². The first kappa shape index (κ1) is 8.67. The van der Waals surface area contributed by atoms with E-state index < -0.39 is 0 Å². The van der Waals surface area contributed by atoms with Crippen molar-refractivity contribution in [1.82, 2.24) is 14.6 Å². The standard InChI is InChI=1S/C10H12N4O/c1-2-9-12-10(8-14(9)11-3-1)13-4-6-15-7-5-13/h1-3,8H,4-7H2. The molecule has 78 valence electrons. The Morgan fingerprint density at radius 3 is 2.93 bits per heavy atom. The van der Waals surface area contributed by atoms with Crippen molar-refractivity contribution < 1.29 is 4.74 Å². The van der Waals surface area contributed by atoms with E-state index in [1.165, 1.54) is 0 Å². The topological polar surface area (TPSA) is 42.7 Å². The molecule has 0 unspecified atom stereocenters. The van der Waals surface area contributed by atoms with E-state index in [-0.39, 0.29) is 0 Å². The Bertz CT molecular complexity index is 428. The van der Waals surface area contributed by atoms with Crippen molar-refractivity contribution >= 4 is 11.5 Å². The minimum absolute atomic E-state index is 0.779. The summed E-state index contributed by atoms with van der Waals surface area (Å²) in [6, 6.07) is 3.85. The molecule has 0 amide bonds. The van der Waals surface area contributed by atoms with Crippen molar-refractivity contribution in [3.8, 4) is 0 Å². The van der Waals surface area contributed by atoms with E-state index in [1.54, 1.807) is 10.7 Å². The van der Waals surface area contributed by atoms with Gasteiger partial charge in [0.25, 0.3) is 0 Å². The first-order chi connectivity index (χ1) is 7.43. The zero-order valence-electron chi connectivity index (χ0n) is 8.33. The van der Waals surface area contributed by atoms with E-state index in [9.17, 15) is 0 Å². The van der Waals surface area contributed by atoms with Crippen LogP contribution < -0.4 is 4.90 Å². The molecule has 3 rings (SSSR count). The number of morpholine rings is 1. The van der Waals surface area contributed by atoms with E-state index in [1.807, 2.05) is 18.3 Å². The summed E-state index contributed by atoms with van der Waals surface area (Å²) in [7, 11) is 0. The van der Waals surface area contributed by atoms with Crippen LogP contribution >= 0.6 is 0 Å². The molecule has 0 spiro atoms. The third-order valence-corrected chi connectivity index (χ3v) is 2.56. The fourth-order valence-electron chi connectivity index (χ4n) is 1.76. The van der Waals surface area contributed by atoms with Crippen LogP contribution in [0.1, 0.15) is 0 Å². The summed E-state index contributed by atoms with van der Waals surface area (Å²) in [5.74, 6) is 0.983. The van der Waals surface area contributed by atoms with Crippen molar-refractivity contribution in [3.05, 3.63) is 24.5 Å². The highest BCUT2D eigenvalue weighted by Crippen LogP contribution is 2.14. The summed E-state index contributed by atoms with van der Waals surface area (Å²) >= 11 is 0. The summed E-state index contributed by atoms with van der Waals surface area (Å²) in [4.78, 5) is 6.73. The molecule has 15 heavy (non-hydrogen) atoms. The minimum Gasteiger partial charge on any atom is -0.378 e. The summed E-state index contributed by atoms with van der Waals surface area (Å²) in [6.07, 6.45) is 3.72. The lowest BCUT2D eigenvalue weighted by Crippen LogP contribution is -2.36. The number of hydrogen-bond acceptors (Lipinski definition) is 4. The molecule has 0 radical (unpaired) electrons. The molecular weight excluding hydrogens is 192 g/mol. The predicted octanol–water partition coefficient (Wildman–Crippen LogP) is 0.566. The molecule has 1 saturated heterocycles. The molecule has 3 heterocycles. The zero-order valence-corrected chi connectivity index (χ0v) is 8.33. The van der Waals surface area contributed by atoms with Crippen molar-refractivity contribution in [2.45, 2.75) is 0 Å². The zero-order chi connectivity index (χ0) is 10.1. The normalized spacial score (nSPS) is 17.2. The van der Waals surface area contributed by atoms with Crippen LogP contribution in [0, 0.1) is 0 Å². The molecule has 5 heteroatoms. The fraction of sp³-hybridized carbons (Fsp3) is 0.400. The summed E-state index contributed by atoms with van der Waals surface area (Å²) in [6.45, 7) is 3.37. The molecule has 5 nitrogen and oxygen atoms in total. The van der Waals surface area contributed by atoms with Crippen LogP contribution in [0.2, 0.25) is 0 Å². The summed E-state index contributed by atoms with van der Waals surface area (Å²) in [5.41, 5.74) is 0.888. The van der Waals surface area contributed by atoms with Crippen LogP contribution in [-0.2, 0) is 4.74 Å². The Balaban J connectivity index is 1.96. The third-order valence-electron chi connectivity index (χ3n) is 2.56. The smallest absolute Gasteiger partial charge is 0.155 e. The van der Waals surface area contributed by atoms with Crippen LogP contribution in [0.4, 0.5) is 5.82 Å². The van der Waals surface area contributed by atoms with Gasteiger partial charge < -0.3 is 9.64 Å². The number of anilines is 1. The van der Waals surface area contributed by atoms with Gasteiger partial charge in [0, 0.05) is 19.3 Å². The van der Waals surface area contributed by atoms with E-state index in [4.69, 9.17) is 4.74 Å². The number of rotatable bonds is 1. The van der Waals surface area contributed by atoms with Gasteiger partial charge in [0.2, 0.25) is 0 Å². The number of ether oxygens (including phenoxy) is 1. The first-order valence-electron chi connectivity index (χ1n) is 5.06.